The molecule has 0 atom stereocenters. The smallest absolute Gasteiger partial charge is 0.261 e. The number of nitrogens with one attached hydrogen (secondary N) is 1. The maximum absolute atomic E-state index is 12.3. The van der Waals surface area contributed by atoms with E-state index < -0.39 is 5.91 Å². The Bertz CT molecular complexity index is 858. The molecule has 0 fully saturated rings. The zero-order valence-corrected chi connectivity index (χ0v) is 16.9. The second-order valence-electron chi connectivity index (χ2n) is 5.75. The molecule has 0 saturated carbocycles. The largest absolute Gasteiger partial charge is 0.493 e. The number of nitriles is 1. The Morgan fingerprint density at radius 2 is 1.96 bits per heavy atom. The molecular formula is C21H21BrN2O3. The molecule has 0 aliphatic heterocycles. The maximum atomic E-state index is 12.3. The second-order valence-corrected chi connectivity index (χ2v) is 6.66. The van der Waals surface area contributed by atoms with E-state index in [2.05, 4.69) is 33.4 Å². The van der Waals surface area contributed by atoms with E-state index in [1.54, 1.807) is 12.1 Å². The predicted molar refractivity (Wildman–Crippen MR) is 109 cm³/mol. The van der Waals surface area contributed by atoms with Crippen LogP contribution in [0.25, 0.3) is 6.08 Å². The van der Waals surface area contributed by atoms with Gasteiger partial charge in [-0.2, -0.15) is 5.26 Å². The van der Waals surface area contributed by atoms with Crippen molar-refractivity contribution in [2.45, 2.75) is 12.8 Å². The van der Waals surface area contributed by atoms with Crippen LogP contribution in [0.3, 0.4) is 0 Å². The molecule has 0 radical (unpaired) electrons. The van der Waals surface area contributed by atoms with Gasteiger partial charge in [0.2, 0.25) is 0 Å². The average Bonchev–Trinajstić information content (AvgIpc) is 2.69. The number of hydrogen-bond donors (Lipinski definition) is 1. The van der Waals surface area contributed by atoms with Crippen molar-refractivity contribution in [2.75, 3.05) is 20.8 Å². The molecule has 27 heavy (non-hydrogen) atoms. The van der Waals surface area contributed by atoms with Crippen LogP contribution in [0.4, 0.5) is 0 Å². The van der Waals surface area contributed by atoms with Crippen LogP contribution in [0.1, 0.15) is 17.5 Å². The molecule has 0 saturated heterocycles. The highest BCUT2D eigenvalue weighted by atomic mass is 79.9. The molecule has 2 rings (SSSR count). The summed E-state index contributed by atoms with van der Waals surface area (Å²) >= 11 is 3.39. The van der Waals surface area contributed by atoms with Gasteiger partial charge < -0.3 is 14.8 Å². The molecule has 0 heterocycles. The molecule has 5 nitrogen and oxygen atoms in total. The van der Waals surface area contributed by atoms with Gasteiger partial charge in [0.05, 0.1) is 14.2 Å². The van der Waals surface area contributed by atoms with E-state index in [-0.39, 0.29) is 5.57 Å². The highest BCUT2D eigenvalue weighted by Crippen LogP contribution is 2.35. The Balaban J connectivity index is 2.06. The number of rotatable bonds is 8. The molecule has 140 valence electrons. The Kier molecular flexibility index (Phi) is 7.90. The summed E-state index contributed by atoms with van der Waals surface area (Å²) in [5, 5.41) is 12.2. The van der Waals surface area contributed by atoms with Gasteiger partial charge in [0.1, 0.15) is 11.6 Å². The second kappa shape index (κ2) is 10.4. The van der Waals surface area contributed by atoms with Crippen molar-refractivity contribution in [3.8, 4) is 17.6 Å². The predicted octanol–water partition coefficient (Wildman–Crippen LogP) is 4.12. The summed E-state index contributed by atoms with van der Waals surface area (Å²) in [6.45, 7) is 0.492. The lowest BCUT2D eigenvalue weighted by Gasteiger charge is -2.12. The van der Waals surface area contributed by atoms with Crippen LogP contribution in [-0.2, 0) is 11.2 Å². The number of aryl methyl sites for hydroxylation is 1. The minimum atomic E-state index is -0.411. The first-order chi connectivity index (χ1) is 13.1. The summed E-state index contributed by atoms with van der Waals surface area (Å²) in [5.74, 6) is 0.565. The molecule has 1 N–H and O–H groups in total. The average molecular weight is 429 g/mol. The van der Waals surface area contributed by atoms with Crippen molar-refractivity contribution in [1.82, 2.24) is 5.32 Å². The minimum Gasteiger partial charge on any atom is -0.493 e. The molecule has 0 aliphatic carbocycles. The molecule has 1 amide bonds. The number of carbonyl (C=O) groups is 1. The Hall–Kier alpha value is -2.78. The van der Waals surface area contributed by atoms with E-state index in [0.717, 1.165) is 17.3 Å². The standard InChI is InChI=1S/C21H21BrN2O3/c1-26-19-13-18(22)12-16(20(19)27-2)11-17(14-23)21(25)24-10-6-9-15-7-4-3-5-8-15/h3-5,7-8,11-13H,6,9-10H2,1-2H3,(H,24,25)/b17-11-. The van der Waals surface area contributed by atoms with Gasteiger partial charge in [0, 0.05) is 16.6 Å². The number of amides is 1. The summed E-state index contributed by atoms with van der Waals surface area (Å²) in [6, 6.07) is 15.5. The van der Waals surface area contributed by atoms with Gasteiger partial charge in [-0.1, -0.05) is 46.3 Å². The molecule has 0 aromatic heterocycles. The van der Waals surface area contributed by atoms with Gasteiger partial charge >= 0.3 is 0 Å². The Morgan fingerprint density at radius 1 is 1.22 bits per heavy atom. The summed E-state index contributed by atoms with van der Waals surface area (Å²) in [5.41, 5.74) is 1.81. The van der Waals surface area contributed by atoms with Crippen LogP contribution in [0.2, 0.25) is 0 Å². The topological polar surface area (TPSA) is 71.3 Å². The van der Waals surface area contributed by atoms with Crippen LogP contribution >= 0.6 is 15.9 Å². The van der Waals surface area contributed by atoms with Gasteiger partial charge in [-0.05, 0) is 36.6 Å². The zero-order chi connectivity index (χ0) is 19.6. The first kappa shape index (κ1) is 20.5. The number of nitrogens with zero attached hydrogens (tertiary/aromatic N) is 1. The van der Waals surface area contributed by atoms with Crippen molar-refractivity contribution >= 4 is 27.9 Å². The first-order valence-corrected chi connectivity index (χ1v) is 9.23. The van der Waals surface area contributed by atoms with Crippen molar-refractivity contribution in [3.05, 3.63) is 63.6 Å². The van der Waals surface area contributed by atoms with Gasteiger partial charge in [-0.3, -0.25) is 4.79 Å². The summed E-state index contributed by atoms with van der Waals surface area (Å²) in [7, 11) is 3.04. The third-order valence-electron chi connectivity index (χ3n) is 3.91. The number of ether oxygens (including phenoxy) is 2. The highest BCUT2D eigenvalue weighted by Gasteiger charge is 2.14. The van der Waals surface area contributed by atoms with Crippen molar-refractivity contribution < 1.29 is 14.3 Å². The molecular weight excluding hydrogens is 408 g/mol. The monoisotopic (exact) mass is 428 g/mol. The van der Waals surface area contributed by atoms with E-state index in [0.29, 0.717) is 23.6 Å². The van der Waals surface area contributed by atoms with Crippen LogP contribution in [0.15, 0.2) is 52.5 Å². The Morgan fingerprint density at radius 3 is 2.59 bits per heavy atom. The van der Waals surface area contributed by atoms with Crippen molar-refractivity contribution in [3.63, 3.8) is 0 Å². The van der Waals surface area contributed by atoms with Gasteiger partial charge in [-0.15, -0.1) is 0 Å². The van der Waals surface area contributed by atoms with Crippen LogP contribution in [0.5, 0.6) is 11.5 Å². The van der Waals surface area contributed by atoms with E-state index in [1.807, 2.05) is 24.3 Å². The SMILES string of the molecule is COc1cc(Br)cc(/C=C(/C#N)C(=O)NCCCc2ccccc2)c1OC. The molecule has 0 bridgehead atoms. The number of hydrogen-bond acceptors (Lipinski definition) is 4. The lowest BCUT2D eigenvalue weighted by molar-refractivity contribution is -0.117. The maximum Gasteiger partial charge on any atom is 0.261 e. The quantitative estimate of drug-likeness (QED) is 0.389. The molecule has 2 aromatic rings. The third kappa shape index (κ3) is 5.87. The van der Waals surface area contributed by atoms with Crippen molar-refractivity contribution in [1.29, 1.82) is 5.26 Å². The number of benzene rings is 2. The Labute approximate surface area is 167 Å². The summed E-state index contributed by atoms with van der Waals surface area (Å²) in [4.78, 5) is 12.3. The van der Waals surface area contributed by atoms with E-state index in [9.17, 15) is 10.1 Å². The van der Waals surface area contributed by atoms with Crippen LogP contribution in [-0.4, -0.2) is 26.7 Å². The lowest BCUT2D eigenvalue weighted by atomic mass is 10.1. The fourth-order valence-electron chi connectivity index (χ4n) is 2.60. The summed E-state index contributed by atoms with van der Waals surface area (Å²) < 4.78 is 11.4. The number of carbonyl (C=O) groups excluding carboxylic acids is 1. The number of halogens is 1. The van der Waals surface area contributed by atoms with E-state index in [1.165, 1.54) is 25.9 Å². The van der Waals surface area contributed by atoms with Crippen LogP contribution in [0, 0.1) is 11.3 Å². The third-order valence-corrected chi connectivity index (χ3v) is 4.37. The fourth-order valence-corrected chi connectivity index (χ4v) is 3.06. The highest BCUT2D eigenvalue weighted by molar-refractivity contribution is 9.10. The van der Waals surface area contributed by atoms with Crippen LogP contribution < -0.4 is 14.8 Å². The molecule has 0 spiro atoms. The fraction of sp³-hybridized carbons (Fsp3) is 0.238. The van der Waals surface area contributed by atoms with Gasteiger partial charge in [0.15, 0.2) is 11.5 Å². The lowest BCUT2D eigenvalue weighted by Crippen LogP contribution is -2.25. The molecule has 2 aromatic carbocycles. The van der Waals surface area contributed by atoms with E-state index in [4.69, 9.17) is 9.47 Å². The van der Waals surface area contributed by atoms with E-state index >= 15 is 0 Å². The van der Waals surface area contributed by atoms with Gasteiger partial charge in [0.25, 0.3) is 5.91 Å². The first-order valence-electron chi connectivity index (χ1n) is 8.44. The summed E-state index contributed by atoms with van der Waals surface area (Å²) in [6.07, 6.45) is 3.16. The van der Waals surface area contributed by atoms with Gasteiger partial charge in [-0.25, -0.2) is 0 Å². The molecule has 0 unspecified atom stereocenters. The number of methoxy groups -OCH3 is 2. The minimum absolute atomic E-state index is 0.00756. The zero-order valence-electron chi connectivity index (χ0n) is 15.3. The molecule has 0 aliphatic rings. The molecule has 6 heteroatoms. The normalized spacial score (nSPS) is 10.8. The van der Waals surface area contributed by atoms with Crippen molar-refractivity contribution in [2.24, 2.45) is 0 Å².